The summed E-state index contributed by atoms with van der Waals surface area (Å²) in [6, 6.07) is 84.4. The average Bonchev–Trinajstić information content (AvgIpc) is 4.09. The average molecular weight is 815 g/mol. The summed E-state index contributed by atoms with van der Waals surface area (Å²) in [6.07, 6.45) is 0. The van der Waals surface area contributed by atoms with Crippen molar-refractivity contribution < 1.29 is 4.42 Å². The number of fused-ring (bicyclic) bond motifs is 17. The van der Waals surface area contributed by atoms with Crippen molar-refractivity contribution in [2.24, 2.45) is 0 Å². The van der Waals surface area contributed by atoms with E-state index in [1.807, 2.05) is 0 Å². The summed E-state index contributed by atoms with van der Waals surface area (Å²) < 4.78 is 9.67. The summed E-state index contributed by atoms with van der Waals surface area (Å²) >= 11 is 0. The van der Waals surface area contributed by atoms with Crippen LogP contribution in [0.4, 0.5) is 17.1 Å². The lowest BCUT2D eigenvalue weighted by Gasteiger charge is -2.32. The number of rotatable bonds is 5. The van der Waals surface area contributed by atoms with Gasteiger partial charge in [0.15, 0.2) is 0 Å². The topological polar surface area (TPSA) is 21.3 Å². The Hall–Kier alpha value is -8.40. The van der Waals surface area contributed by atoms with E-state index in [4.69, 9.17) is 4.42 Å². The smallest absolute Gasteiger partial charge is 0.145 e. The van der Waals surface area contributed by atoms with Gasteiger partial charge in [-0.1, -0.05) is 176 Å². The lowest BCUT2D eigenvalue weighted by atomic mass is 9.70. The van der Waals surface area contributed by atoms with Crippen LogP contribution in [0.1, 0.15) is 22.3 Å². The molecule has 0 saturated heterocycles. The van der Waals surface area contributed by atoms with E-state index in [0.29, 0.717) is 0 Å². The maximum absolute atomic E-state index is 7.26. The Morgan fingerprint density at radius 3 is 1.69 bits per heavy atom. The number of aromatic nitrogens is 1. The minimum Gasteiger partial charge on any atom is -0.455 e. The molecule has 0 atom stereocenters. The molecule has 3 nitrogen and oxygen atoms in total. The third kappa shape index (κ3) is 4.65. The molecule has 2 heterocycles. The van der Waals surface area contributed by atoms with E-state index in [0.717, 1.165) is 61.3 Å². The van der Waals surface area contributed by atoms with Gasteiger partial charge in [0.05, 0.1) is 33.2 Å². The monoisotopic (exact) mass is 814 g/mol. The summed E-state index contributed by atoms with van der Waals surface area (Å²) in [7, 11) is 0. The van der Waals surface area contributed by atoms with Crippen molar-refractivity contribution in [2.75, 3.05) is 4.90 Å². The Balaban J connectivity index is 1.15. The maximum atomic E-state index is 7.26. The van der Waals surface area contributed by atoms with E-state index < -0.39 is 5.41 Å². The first-order valence-corrected chi connectivity index (χ1v) is 22.1. The fourth-order valence-electron chi connectivity index (χ4n) is 11.5. The highest BCUT2D eigenvalue weighted by atomic mass is 16.3. The van der Waals surface area contributed by atoms with Crippen molar-refractivity contribution in [3.63, 3.8) is 0 Å². The molecule has 0 saturated carbocycles. The predicted molar refractivity (Wildman–Crippen MR) is 264 cm³/mol. The van der Waals surface area contributed by atoms with Gasteiger partial charge in [0.2, 0.25) is 0 Å². The van der Waals surface area contributed by atoms with Crippen LogP contribution in [-0.2, 0) is 5.41 Å². The molecule has 0 aliphatic heterocycles. The molecular weight excluding hydrogens is 777 g/mol. The van der Waals surface area contributed by atoms with Gasteiger partial charge in [0.1, 0.15) is 11.2 Å². The predicted octanol–water partition coefficient (Wildman–Crippen LogP) is 16.2. The van der Waals surface area contributed by atoms with E-state index in [-0.39, 0.29) is 0 Å². The number of benzene rings is 10. The van der Waals surface area contributed by atoms with Crippen LogP contribution in [0.3, 0.4) is 0 Å². The first-order chi connectivity index (χ1) is 31.8. The minimum atomic E-state index is -0.570. The highest BCUT2D eigenvalue weighted by Gasteiger charge is 2.53. The molecule has 0 radical (unpaired) electrons. The van der Waals surface area contributed by atoms with Crippen molar-refractivity contribution >= 4 is 60.8 Å². The van der Waals surface area contributed by atoms with Crippen molar-refractivity contribution in [3.05, 3.63) is 253 Å². The zero-order chi connectivity index (χ0) is 41.9. The van der Waals surface area contributed by atoms with Crippen molar-refractivity contribution in [2.45, 2.75) is 5.41 Å². The standard InChI is InChI=1S/C61H38N2O/c1-3-18-39(19-4-1)40-34-36-42(37-35-40)63(54-32-17-31-53-58(54)46-25-10-15-30-52(46)62(53)41-20-5-2-6-21-41)55-38-51-57(60-59(55)47-26-11-16-33-56(47)64-60)45-24-9-14-29-50(45)61(51)48-27-12-7-22-43(48)44-23-8-13-28-49(44)61/h1-38H. The molecule has 10 aromatic carbocycles. The van der Waals surface area contributed by atoms with Crippen molar-refractivity contribution in [1.29, 1.82) is 0 Å². The first-order valence-electron chi connectivity index (χ1n) is 22.1. The van der Waals surface area contributed by atoms with Gasteiger partial charge in [-0.05, 0) is 105 Å². The number of nitrogens with zero attached hydrogens (tertiary/aromatic N) is 2. The van der Waals surface area contributed by atoms with Gasteiger partial charge in [-0.25, -0.2) is 0 Å². The quantitative estimate of drug-likeness (QED) is 0.173. The number of hydrogen-bond donors (Lipinski definition) is 0. The normalized spacial score (nSPS) is 13.1. The van der Waals surface area contributed by atoms with E-state index in [2.05, 4.69) is 240 Å². The van der Waals surface area contributed by atoms with Crippen molar-refractivity contribution in [1.82, 2.24) is 4.57 Å². The molecule has 0 N–H and O–H groups in total. The van der Waals surface area contributed by atoms with Crippen molar-refractivity contribution in [3.8, 4) is 39.1 Å². The number of para-hydroxylation sites is 3. The number of hydrogen-bond acceptors (Lipinski definition) is 2. The van der Waals surface area contributed by atoms with Gasteiger partial charge in [0.25, 0.3) is 0 Å². The summed E-state index contributed by atoms with van der Waals surface area (Å²) in [5.74, 6) is 0. The summed E-state index contributed by atoms with van der Waals surface area (Å²) in [4.78, 5) is 2.52. The van der Waals surface area contributed by atoms with E-state index >= 15 is 0 Å². The molecule has 0 amide bonds. The molecule has 12 aromatic rings. The van der Waals surface area contributed by atoms with Crippen LogP contribution >= 0.6 is 0 Å². The number of anilines is 3. The highest BCUT2D eigenvalue weighted by Crippen LogP contribution is 2.65. The van der Waals surface area contributed by atoms with Crippen LogP contribution in [0.2, 0.25) is 0 Å². The van der Waals surface area contributed by atoms with E-state index in [1.165, 1.54) is 60.8 Å². The Labute approximate surface area is 370 Å². The van der Waals surface area contributed by atoms with Crippen LogP contribution in [0.5, 0.6) is 0 Å². The molecule has 0 bridgehead atoms. The summed E-state index contributed by atoms with van der Waals surface area (Å²) in [5.41, 5.74) is 20.3. The molecule has 2 aliphatic rings. The third-order valence-electron chi connectivity index (χ3n) is 14.0. The van der Waals surface area contributed by atoms with Crippen LogP contribution in [-0.4, -0.2) is 4.57 Å². The Morgan fingerprint density at radius 2 is 0.953 bits per heavy atom. The molecule has 0 fully saturated rings. The summed E-state index contributed by atoms with van der Waals surface area (Å²) in [5, 5.41) is 4.56. The largest absolute Gasteiger partial charge is 0.455 e. The van der Waals surface area contributed by atoms with Gasteiger partial charge in [0, 0.05) is 33.1 Å². The minimum absolute atomic E-state index is 0.570. The van der Waals surface area contributed by atoms with Crippen LogP contribution in [0.15, 0.2) is 235 Å². The fraction of sp³-hybridized carbons (Fsp3) is 0.0164. The van der Waals surface area contributed by atoms with Crippen LogP contribution in [0.25, 0.3) is 82.8 Å². The van der Waals surface area contributed by atoms with Gasteiger partial charge in [-0.2, -0.15) is 0 Å². The second-order valence-electron chi connectivity index (χ2n) is 17.1. The van der Waals surface area contributed by atoms with Gasteiger partial charge in [-0.3, -0.25) is 0 Å². The zero-order valence-electron chi connectivity index (χ0n) is 34.7. The van der Waals surface area contributed by atoms with Crippen LogP contribution in [0, 0.1) is 0 Å². The molecule has 3 heteroatoms. The Morgan fingerprint density at radius 1 is 0.391 bits per heavy atom. The van der Waals surface area contributed by atoms with E-state index in [1.54, 1.807) is 0 Å². The summed E-state index contributed by atoms with van der Waals surface area (Å²) in [6.45, 7) is 0. The van der Waals surface area contributed by atoms with Gasteiger partial charge >= 0.3 is 0 Å². The lowest BCUT2D eigenvalue weighted by Crippen LogP contribution is -2.26. The lowest BCUT2D eigenvalue weighted by molar-refractivity contribution is 0.669. The fourth-order valence-corrected chi connectivity index (χ4v) is 11.5. The second kappa shape index (κ2) is 13.3. The molecule has 64 heavy (non-hydrogen) atoms. The molecule has 14 rings (SSSR count). The molecular formula is C61H38N2O. The van der Waals surface area contributed by atoms with Gasteiger partial charge in [-0.15, -0.1) is 0 Å². The maximum Gasteiger partial charge on any atom is 0.145 e. The molecule has 0 unspecified atom stereocenters. The Kier molecular flexibility index (Phi) is 7.32. The number of furan rings is 1. The van der Waals surface area contributed by atoms with Gasteiger partial charge < -0.3 is 13.9 Å². The Bertz CT molecular complexity index is 3790. The zero-order valence-corrected chi connectivity index (χ0v) is 34.7. The SMILES string of the molecule is c1ccc(-c2ccc(N(c3cc4c(c5oc6ccccc6c35)-c3ccccc3C43c4ccccc4-c4ccccc43)c3cccc4c3c3ccccc3n4-c3ccccc3)cc2)cc1. The highest BCUT2D eigenvalue weighted by molar-refractivity contribution is 6.22. The molecule has 298 valence electrons. The third-order valence-corrected chi connectivity index (χ3v) is 14.0. The van der Waals surface area contributed by atoms with E-state index in [9.17, 15) is 0 Å². The second-order valence-corrected chi connectivity index (χ2v) is 17.1. The molecule has 2 aliphatic carbocycles. The van der Waals surface area contributed by atoms with Crippen LogP contribution < -0.4 is 4.90 Å². The molecule has 2 aromatic heterocycles. The first kappa shape index (κ1) is 35.2. The molecule has 1 spiro atoms.